The van der Waals surface area contributed by atoms with Crippen molar-refractivity contribution in [3.8, 4) is 5.75 Å². The number of carbonyl (C=O) groups excluding carboxylic acids is 1. The van der Waals surface area contributed by atoms with Gasteiger partial charge in [-0.2, -0.15) is 4.98 Å². The minimum Gasteiger partial charge on any atom is -0.489 e. The van der Waals surface area contributed by atoms with Crippen LogP contribution in [0.15, 0.2) is 69.4 Å². The number of anilines is 1. The van der Waals surface area contributed by atoms with Crippen LogP contribution in [0.25, 0.3) is 0 Å². The maximum atomic E-state index is 12.5. The zero-order valence-corrected chi connectivity index (χ0v) is 20.7. The molecule has 2 heterocycles. The fourth-order valence-electron chi connectivity index (χ4n) is 3.69. The number of fused-ring (bicyclic) bond motifs is 1. The first-order chi connectivity index (χ1) is 15.5. The number of ether oxygens (including phenoxy) is 1. The van der Waals surface area contributed by atoms with Crippen molar-refractivity contribution in [3.63, 3.8) is 0 Å². The summed E-state index contributed by atoms with van der Waals surface area (Å²) in [5, 5.41) is 8.67. The van der Waals surface area contributed by atoms with E-state index >= 15 is 0 Å². The number of nitrogens with zero attached hydrogens (tertiary/aromatic N) is 3. The van der Waals surface area contributed by atoms with Gasteiger partial charge in [0.1, 0.15) is 18.4 Å². The third-order valence-corrected chi connectivity index (χ3v) is 6.67. The van der Waals surface area contributed by atoms with Gasteiger partial charge in [0.25, 0.3) is 0 Å². The number of hydrogen-bond donors (Lipinski definition) is 1. The van der Waals surface area contributed by atoms with Crippen molar-refractivity contribution in [1.82, 2.24) is 14.8 Å². The minimum absolute atomic E-state index is 0.0129. The van der Waals surface area contributed by atoms with E-state index in [0.29, 0.717) is 23.3 Å². The standard InChI is InChI=1S/C24H25BrN4O2S/c1-4-12-32-24-27-23-26-15(2)21(16(3)30)22(29(23)28-24)18-8-10-20(11-9-18)31-14-17-6-5-7-19(25)13-17/h5-11,13,22H,4,12,14H2,1-3H3,(H,26,27,28). The normalized spacial score (nSPS) is 15.3. The van der Waals surface area contributed by atoms with E-state index in [1.54, 1.807) is 18.7 Å². The zero-order chi connectivity index (χ0) is 22.7. The van der Waals surface area contributed by atoms with Gasteiger partial charge in [-0.15, -0.1) is 5.10 Å². The molecule has 0 spiro atoms. The van der Waals surface area contributed by atoms with Crippen molar-refractivity contribution < 1.29 is 9.53 Å². The third-order valence-electron chi connectivity index (χ3n) is 5.14. The van der Waals surface area contributed by atoms with Crippen LogP contribution >= 0.6 is 27.7 Å². The van der Waals surface area contributed by atoms with Crippen LogP contribution in [0.4, 0.5) is 5.95 Å². The van der Waals surface area contributed by atoms with Crippen LogP contribution in [-0.4, -0.2) is 26.3 Å². The molecular formula is C24H25BrN4O2S. The molecule has 0 amide bonds. The van der Waals surface area contributed by atoms with Gasteiger partial charge in [-0.3, -0.25) is 4.79 Å². The molecule has 0 radical (unpaired) electrons. The number of nitrogens with one attached hydrogen (secondary N) is 1. The van der Waals surface area contributed by atoms with Gasteiger partial charge in [-0.1, -0.05) is 58.9 Å². The molecule has 1 unspecified atom stereocenters. The lowest BCUT2D eigenvalue weighted by Gasteiger charge is -2.28. The molecule has 0 bridgehead atoms. The van der Waals surface area contributed by atoms with E-state index in [1.165, 1.54) is 0 Å². The van der Waals surface area contributed by atoms with Crippen molar-refractivity contribution in [2.75, 3.05) is 11.1 Å². The highest BCUT2D eigenvalue weighted by Gasteiger charge is 2.32. The van der Waals surface area contributed by atoms with Gasteiger partial charge in [-0.25, -0.2) is 4.68 Å². The number of Topliss-reactive ketones (excluding diaryl/α,β-unsaturated/α-hetero) is 1. The molecule has 0 saturated heterocycles. The topological polar surface area (TPSA) is 69.0 Å². The second-order valence-electron chi connectivity index (χ2n) is 7.62. The molecule has 0 aliphatic carbocycles. The summed E-state index contributed by atoms with van der Waals surface area (Å²) in [6, 6.07) is 15.6. The maximum Gasteiger partial charge on any atom is 0.227 e. The molecule has 6 nitrogen and oxygen atoms in total. The third kappa shape index (κ3) is 4.91. The molecule has 166 valence electrons. The number of ketones is 1. The summed E-state index contributed by atoms with van der Waals surface area (Å²) < 4.78 is 8.80. The van der Waals surface area contributed by atoms with Crippen molar-refractivity contribution in [2.24, 2.45) is 0 Å². The Morgan fingerprint density at radius 2 is 2.03 bits per heavy atom. The van der Waals surface area contributed by atoms with Gasteiger partial charge < -0.3 is 10.1 Å². The lowest BCUT2D eigenvalue weighted by atomic mass is 9.93. The molecule has 3 aromatic rings. The Kier molecular flexibility index (Phi) is 7.01. The minimum atomic E-state index is -0.327. The number of aromatic nitrogens is 3. The Morgan fingerprint density at radius 1 is 1.25 bits per heavy atom. The summed E-state index contributed by atoms with van der Waals surface area (Å²) in [5.74, 6) is 2.39. The van der Waals surface area contributed by atoms with E-state index in [9.17, 15) is 4.79 Å². The van der Waals surface area contributed by atoms with Crippen LogP contribution in [0.3, 0.4) is 0 Å². The van der Waals surface area contributed by atoms with Crippen LogP contribution in [0.5, 0.6) is 5.75 Å². The Balaban J connectivity index is 1.60. The van der Waals surface area contributed by atoms with Gasteiger partial charge in [-0.05, 0) is 55.7 Å². The highest BCUT2D eigenvalue weighted by Crippen LogP contribution is 2.37. The van der Waals surface area contributed by atoms with Gasteiger partial charge in [0.05, 0.1) is 0 Å². The maximum absolute atomic E-state index is 12.5. The lowest BCUT2D eigenvalue weighted by Crippen LogP contribution is -2.27. The Labute approximate surface area is 200 Å². The van der Waals surface area contributed by atoms with E-state index in [1.807, 2.05) is 60.1 Å². The number of allylic oxidation sites excluding steroid dienone is 2. The average molecular weight is 513 g/mol. The van der Waals surface area contributed by atoms with E-state index in [2.05, 4.69) is 33.2 Å². The lowest BCUT2D eigenvalue weighted by molar-refractivity contribution is -0.114. The molecule has 1 aromatic heterocycles. The summed E-state index contributed by atoms with van der Waals surface area (Å²) in [4.78, 5) is 17.2. The summed E-state index contributed by atoms with van der Waals surface area (Å²) in [7, 11) is 0. The highest BCUT2D eigenvalue weighted by molar-refractivity contribution is 9.10. The molecule has 4 rings (SSSR count). The van der Waals surface area contributed by atoms with Crippen LogP contribution in [0.2, 0.25) is 0 Å². The number of hydrogen-bond acceptors (Lipinski definition) is 6. The second kappa shape index (κ2) is 9.92. The van der Waals surface area contributed by atoms with E-state index < -0.39 is 0 Å². The quantitative estimate of drug-likeness (QED) is 0.373. The Bertz CT molecular complexity index is 1160. The van der Waals surface area contributed by atoms with Gasteiger partial charge in [0.2, 0.25) is 11.1 Å². The van der Waals surface area contributed by atoms with Gasteiger partial charge >= 0.3 is 0 Å². The molecular weight excluding hydrogens is 488 g/mol. The number of benzene rings is 2. The SMILES string of the molecule is CCCSc1nc2n(n1)C(c1ccc(OCc3cccc(Br)c3)cc1)C(C(C)=O)=C(C)N2. The van der Waals surface area contributed by atoms with Crippen molar-refractivity contribution in [1.29, 1.82) is 0 Å². The van der Waals surface area contributed by atoms with E-state index in [4.69, 9.17) is 9.84 Å². The molecule has 1 atom stereocenters. The summed E-state index contributed by atoms with van der Waals surface area (Å²) in [6.45, 7) is 6.12. The fraction of sp³-hybridized carbons (Fsp3) is 0.292. The summed E-state index contributed by atoms with van der Waals surface area (Å²) in [6.07, 6.45) is 1.04. The number of halogens is 1. The summed E-state index contributed by atoms with van der Waals surface area (Å²) in [5.41, 5.74) is 3.55. The number of rotatable bonds is 8. The van der Waals surface area contributed by atoms with E-state index in [0.717, 1.165) is 39.2 Å². The molecule has 0 saturated carbocycles. The smallest absolute Gasteiger partial charge is 0.227 e. The first-order valence-corrected chi connectivity index (χ1v) is 12.3. The van der Waals surface area contributed by atoms with Crippen LogP contribution in [0, 0.1) is 0 Å². The molecule has 8 heteroatoms. The largest absolute Gasteiger partial charge is 0.489 e. The highest BCUT2D eigenvalue weighted by atomic mass is 79.9. The van der Waals surface area contributed by atoms with Gasteiger partial charge in [0, 0.05) is 21.5 Å². The Morgan fingerprint density at radius 3 is 2.72 bits per heavy atom. The average Bonchev–Trinajstić information content (AvgIpc) is 3.18. The summed E-state index contributed by atoms with van der Waals surface area (Å²) >= 11 is 5.11. The molecule has 1 aliphatic rings. The molecule has 1 N–H and O–H groups in total. The van der Waals surface area contributed by atoms with Crippen molar-refractivity contribution >= 4 is 39.4 Å². The van der Waals surface area contributed by atoms with Crippen LogP contribution in [0.1, 0.15) is 44.4 Å². The Hall–Kier alpha value is -2.58. The number of carbonyl (C=O) groups is 1. The zero-order valence-electron chi connectivity index (χ0n) is 18.3. The molecule has 1 aliphatic heterocycles. The fourth-order valence-corrected chi connectivity index (χ4v) is 4.82. The van der Waals surface area contributed by atoms with Crippen LogP contribution < -0.4 is 10.1 Å². The predicted octanol–water partition coefficient (Wildman–Crippen LogP) is 6.00. The van der Waals surface area contributed by atoms with Crippen molar-refractivity contribution in [3.05, 3.63) is 75.4 Å². The molecule has 2 aromatic carbocycles. The van der Waals surface area contributed by atoms with Crippen molar-refractivity contribution in [2.45, 2.75) is 45.0 Å². The first-order valence-electron chi connectivity index (χ1n) is 10.5. The molecule has 0 fully saturated rings. The monoisotopic (exact) mass is 512 g/mol. The van der Waals surface area contributed by atoms with Gasteiger partial charge in [0.15, 0.2) is 5.78 Å². The van der Waals surface area contributed by atoms with Crippen LogP contribution in [-0.2, 0) is 11.4 Å². The van der Waals surface area contributed by atoms with E-state index in [-0.39, 0.29) is 11.8 Å². The first kappa shape index (κ1) is 22.6. The predicted molar refractivity (Wildman–Crippen MR) is 131 cm³/mol. The molecule has 32 heavy (non-hydrogen) atoms. The number of thioether (sulfide) groups is 1. The second-order valence-corrected chi connectivity index (χ2v) is 9.60.